The molecule has 1 aromatic carbocycles. The summed E-state index contributed by atoms with van der Waals surface area (Å²) in [5, 5.41) is 34.1. The fourth-order valence-corrected chi connectivity index (χ4v) is 7.42. The summed E-state index contributed by atoms with van der Waals surface area (Å²) < 4.78 is 11.1. The van der Waals surface area contributed by atoms with E-state index in [-0.39, 0.29) is 43.4 Å². The van der Waals surface area contributed by atoms with E-state index in [9.17, 15) is 24.9 Å². The second-order valence-corrected chi connectivity index (χ2v) is 11.5. The van der Waals surface area contributed by atoms with Gasteiger partial charge < -0.3 is 29.7 Å². The zero-order valence-corrected chi connectivity index (χ0v) is 22.2. The van der Waals surface area contributed by atoms with Gasteiger partial charge in [0.05, 0.1) is 32.5 Å². The number of amides is 2. The van der Waals surface area contributed by atoms with E-state index in [2.05, 4.69) is 12.2 Å². The predicted octanol–water partition coefficient (Wildman–Crippen LogP) is 3.17. The van der Waals surface area contributed by atoms with Crippen molar-refractivity contribution in [3.05, 3.63) is 24.3 Å². The van der Waals surface area contributed by atoms with Gasteiger partial charge in [0, 0.05) is 30.1 Å². The van der Waals surface area contributed by atoms with Crippen LogP contribution in [-0.4, -0.2) is 77.3 Å². The van der Waals surface area contributed by atoms with E-state index in [1.54, 1.807) is 36.3 Å². The van der Waals surface area contributed by atoms with E-state index in [0.717, 1.165) is 12.8 Å². The molecular weight excluding hydrogens is 476 g/mol. The Bertz CT molecular complexity index is 974. The van der Waals surface area contributed by atoms with Crippen molar-refractivity contribution >= 4 is 17.7 Å². The first kappa shape index (κ1) is 27.7. The standard InChI is InChI=1S/C28H42N2O7/c1-27-12-11-24(37-26(35)29-18-6-4-8-20(14-18)36-3)28(2,17-32)23(27)10-9-22(33)21(27)15-25(34)30-13-5-7-19(30)16-31/h4,6,8,14,19,21-24,31-33H,5,7,9-13,15-17H2,1-3H3,(H,29,35)/t19-,21+,22+,23-,24+,27-,28-/m0/s1. The molecule has 2 amide bonds. The van der Waals surface area contributed by atoms with E-state index in [0.29, 0.717) is 43.7 Å². The zero-order chi connectivity index (χ0) is 26.8. The van der Waals surface area contributed by atoms with Crippen molar-refractivity contribution in [2.45, 2.75) is 77.0 Å². The number of anilines is 1. The molecule has 37 heavy (non-hydrogen) atoms. The van der Waals surface area contributed by atoms with Crippen LogP contribution in [-0.2, 0) is 9.53 Å². The van der Waals surface area contributed by atoms with Crippen molar-refractivity contribution in [1.29, 1.82) is 0 Å². The number of aliphatic hydroxyl groups excluding tert-OH is 3. The molecule has 1 aliphatic heterocycles. The zero-order valence-electron chi connectivity index (χ0n) is 22.2. The number of fused-ring (bicyclic) bond motifs is 1. The highest BCUT2D eigenvalue weighted by Crippen LogP contribution is 2.61. The summed E-state index contributed by atoms with van der Waals surface area (Å²) in [6.07, 6.45) is 2.58. The van der Waals surface area contributed by atoms with Crippen LogP contribution in [0.1, 0.15) is 58.8 Å². The first-order valence-corrected chi connectivity index (χ1v) is 13.5. The van der Waals surface area contributed by atoms with Crippen LogP contribution in [0.3, 0.4) is 0 Å². The minimum absolute atomic E-state index is 0.0239. The Labute approximate surface area is 219 Å². The molecule has 1 heterocycles. The second-order valence-electron chi connectivity index (χ2n) is 11.5. The molecule has 0 aromatic heterocycles. The number of likely N-dealkylation sites (tertiary alicyclic amines) is 1. The van der Waals surface area contributed by atoms with Gasteiger partial charge in [-0.1, -0.05) is 19.9 Å². The van der Waals surface area contributed by atoms with E-state index >= 15 is 0 Å². The highest BCUT2D eigenvalue weighted by Gasteiger charge is 2.60. The molecule has 0 spiro atoms. The van der Waals surface area contributed by atoms with Gasteiger partial charge in [-0.3, -0.25) is 10.1 Å². The van der Waals surface area contributed by atoms with Crippen LogP contribution in [0.5, 0.6) is 5.75 Å². The molecule has 2 saturated carbocycles. The number of ether oxygens (including phenoxy) is 2. The van der Waals surface area contributed by atoms with Gasteiger partial charge in [-0.05, 0) is 67.9 Å². The Kier molecular flexibility index (Phi) is 8.35. The number of methoxy groups -OCH3 is 1. The van der Waals surface area contributed by atoms with Crippen molar-refractivity contribution in [2.24, 2.45) is 22.7 Å². The molecule has 206 valence electrons. The van der Waals surface area contributed by atoms with Crippen molar-refractivity contribution in [2.75, 3.05) is 32.2 Å². The second kappa shape index (κ2) is 11.2. The van der Waals surface area contributed by atoms with Crippen molar-refractivity contribution in [1.82, 2.24) is 4.90 Å². The Morgan fingerprint density at radius 2 is 1.95 bits per heavy atom. The monoisotopic (exact) mass is 518 g/mol. The fourth-order valence-electron chi connectivity index (χ4n) is 7.42. The maximum atomic E-state index is 13.3. The normalized spacial score (nSPS) is 35.5. The van der Waals surface area contributed by atoms with Gasteiger partial charge in [0.25, 0.3) is 0 Å². The summed E-state index contributed by atoms with van der Waals surface area (Å²) in [6.45, 7) is 4.50. The number of nitrogens with one attached hydrogen (secondary N) is 1. The molecule has 0 unspecified atom stereocenters. The summed E-state index contributed by atoms with van der Waals surface area (Å²) in [6, 6.07) is 6.87. The van der Waals surface area contributed by atoms with Crippen LogP contribution in [0.15, 0.2) is 24.3 Å². The Hall–Kier alpha value is -2.36. The fraction of sp³-hybridized carbons (Fsp3) is 0.714. The molecule has 1 aromatic rings. The van der Waals surface area contributed by atoms with E-state index < -0.39 is 29.1 Å². The topological polar surface area (TPSA) is 129 Å². The minimum atomic E-state index is -0.721. The van der Waals surface area contributed by atoms with Gasteiger partial charge in [0.2, 0.25) is 5.91 Å². The SMILES string of the molecule is COc1cccc(NC(=O)O[C@@H]2CC[C@]3(C)[C@H](CC[C@@H](O)[C@H]3CC(=O)N3CCC[C@H]3CO)[C@]2(C)CO)c1. The van der Waals surface area contributed by atoms with E-state index in [1.165, 1.54) is 0 Å². The molecule has 7 atom stereocenters. The Morgan fingerprint density at radius 3 is 2.65 bits per heavy atom. The average Bonchev–Trinajstić information content (AvgIpc) is 3.37. The van der Waals surface area contributed by atoms with Gasteiger partial charge in [-0.25, -0.2) is 4.79 Å². The van der Waals surface area contributed by atoms with Crippen LogP contribution in [0, 0.1) is 22.7 Å². The first-order chi connectivity index (χ1) is 17.7. The van der Waals surface area contributed by atoms with Crippen molar-refractivity contribution in [3.8, 4) is 5.75 Å². The number of carbonyl (C=O) groups is 2. The summed E-state index contributed by atoms with van der Waals surface area (Å²) in [7, 11) is 1.56. The first-order valence-electron chi connectivity index (χ1n) is 13.5. The van der Waals surface area contributed by atoms with Gasteiger partial charge in [0.1, 0.15) is 11.9 Å². The molecule has 1 saturated heterocycles. The number of hydrogen-bond acceptors (Lipinski definition) is 7. The average molecular weight is 519 g/mol. The van der Waals surface area contributed by atoms with Gasteiger partial charge in [0.15, 0.2) is 0 Å². The maximum Gasteiger partial charge on any atom is 0.411 e. The summed E-state index contributed by atoms with van der Waals surface area (Å²) in [5.74, 6) is 0.286. The van der Waals surface area contributed by atoms with Crippen LogP contribution in [0.2, 0.25) is 0 Å². The Morgan fingerprint density at radius 1 is 1.16 bits per heavy atom. The summed E-state index contributed by atoms with van der Waals surface area (Å²) in [5.41, 5.74) is -0.567. The number of carbonyl (C=O) groups excluding carboxylic acids is 2. The number of benzene rings is 1. The lowest BCUT2D eigenvalue weighted by Gasteiger charge is -2.60. The smallest absolute Gasteiger partial charge is 0.411 e. The van der Waals surface area contributed by atoms with Crippen molar-refractivity contribution in [3.63, 3.8) is 0 Å². The van der Waals surface area contributed by atoms with Crippen LogP contribution in [0.25, 0.3) is 0 Å². The molecule has 2 aliphatic carbocycles. The van der Waals surface area contributed by atoms with Gasteiger partial charge in [-0.2, -0.15) is 0 Å². The molecule has 3 fully saturated rings. The van der Waals surface area contributed by atoms with Crippen LogP contribution in [0.4, 0.5) is 10.5 Å². The Balaban J connectivity index is 1.49. The van der Waals surface area contributed by atoms with Crippen LogP contribution >= 0.6 is 0 Å². The van der Waals surface area contributed by atoms with E-state index in [4.69, 9.17) is 9.47 Å². The third kappa shape index (κ3) is 5.31. The third-order valence-corrected chi connectivity index (χ3v) is 9.54. The lowest BCUT2D eigenvalue weighted by atomic mass is 9.46. The van der Waals surface area contributed by atoms with Gasteiger partial charge in [-0.15, -0.1) is 0 Å². The lowest BCUT2D eigenvalue weighted by Crippen LogP contribution is -2.61. The molecule has 4 N–H and O–H groups in total. The number of rotatable bonds is 7. The molecule has 0 bridgehead atoms. The highest BCUT2D eigenvalue weighted by atomic mass is 16.6. The molecule has 9 nitrogen and oxygen atoms in total. The number of hydrogen-bond donors (Lipinski definition) is 4. The largest absolute Gasteiger partial charge is 0.497 e. The minimum Gasteiger partial charge on any atom is -0.497 e. The third-order valence-electron chi connectivity index (χ3n) is 9.54. The maximum absolute atomic E-state index is 13.3. The quantitative estimate of drug-likeness (QED) is 0.436. The summed E-state index contributed by atoms with van der Waals surface area (Å²) in [4.78, 5) is 27.9. The molecule has 0 radical (unpaired) electrons. The molecule has 9 heteroatoms. The predicted molar refractivity (Wildman–Crippen MR) is 138 cm³/mol. The molecular formula is C28H42N2O7. The molecule has 4 rings (SSSR count). The number of aliphatic hydroxyl groups is 3. The lowest BCUT2D eigenvalue weighted by molar-refractivity contribution is -0.186. The van der Waals surface area contributed by atoms with Gasteiger partial charge >= 0.3 is 6.09 Å². The van der Waals surface area contributed by atoms with E-state index in [1.807, 2.05) is 6.92 Å². The highest BCUT2D eigenvalue weighted by molar-refractivity contribution is 5.85. The molecule has 3 aliphatic rings. The summed E-state index contributed by atoms with van der Waals surface area (Å²) >= 11 is 0. The van der Waals surface area contributed by atoms with Crippen molar-refractivity contribution < 1.29 is 34.4 Å². The number of nitrogens with zero attached hydrogens (tertiary/aromatic N) is 1. The van der Waals surface area contributed by atoms with Crippen LogP contribution < -0.4 is 10.1 Å².